The summed E-state index contributed by atoms with van der Waals surface area (Å²) in [5.41, 5.74) is 2.22. The van der Waals surface area contributed by atoms with E-state index in [-0.39, 0.29) is 6.03 Å². The molecular formula is C17H20BrN3O3. The molecule has 1 saturated heterocycles. The summed E-state index contributed by atoms with van der Waals surface area (Å²) in [6.07, 6.45) is 4.06. The van der Waals surface area contributed by atoms with Crippen LogP contribution < -0.4 is 5.32 Å². The molecule has 6 nitrogen and oxygen atoms in total. The van der Waals surface area contributed by atoms with Gasteiger partial charge in [0.2, 0.25) is 0 Å². The van der Waals surface area contributed by atoms with Crippen molar-refractivity contribution in [2.24, 2.45) is 5.92 Å². The van der Waals surface area contributed by atoms with E-state index in [4.69, 9.17) is 5.11 Å². The number of aromatic nitrogens is 1. The standard InChI is InChI=1S/C17H20BrN3O3/c18-13-3-4-15-14(8-13)11(9-20-15)5-6-19-17(24)21-7-1-2-12(10-21)16(22)23/h3-4,8-9,12,20H,1-2,5-7,10H2,(H,19,24)(H,22,23). The number of carbonyl (C=O) groups is 2. The van der Waals surface area contributed by atoms with Crippen LogP contribution in [0.5, 0.6) is 0 Å². The van der Waals surface area contributed by atoms with Gasteiger partial charge in [0.1, 0.15) is 0 Å². The number of nitrogens with zero attached hydrogens (tertiary/aromatic N) is 1. The van der Waals surface area contributed by atoms with Crippen LogP contribution in [0.15, 0.2) is 28.9 Å². The summed E-state index contributed by atoms with van der Waals surface area (Å²) in [4.78, 5) is 28.1. The molecule has 1 unspecified atom stereocenters. The van der Waals surface area contributed by atoms with Crippen LogP contribution in [-0.4, -0.2) is 46.6 Å². The number of carboxylic acids is 1. The number of aliphatic carboxylic acids is 1. The Labute approximate surface area is 148 Å². The van der Waals surface area contributed by atoms with Crippen molar-refractivity contribution < 1.29 is 14.7 Å². The number of fused-ring (bicyclic) bond motifs is 1. The molecule has 1 atom stereocenters. The predicted molar refractivity (Wildman–Crippen MR) is 95.0 cm³/mol. The first-order valence-electron chi connectivity index (χ1n) is 8.05. The molecule has 128 valence electrons. The fourth-order valence-electron chi connectivity index (χ4n) is 3.14. The van der Waals surface area contributed by atoms with Gasteiger partial charge in [-0.25, -0.2) is 4.79 Å². The molecule has 1 aromatic carbocycles. The van der Waals surface area contributed by atoms with Gasteiger partial charge in [-0.3, -0.25) is 4.79 Å². The van der Waals surface area contributed by atoms with Gasteiger partial charge in [-0.15, -0.1) is 0 Å². The van der Waals surface area contributed by atoms with Gasteiger partial charge in [0.25, 0.3) is 0 Å². The van der Waals surface area contributed by atoms with Crippen LogP contribution in [0.2, 0.25) is 0 Å². The SMILES string of the molecule is O=C(O)C1CCCN(C(=O)NCCc2c[nH]c3ccc(Br)cc23)C1. The molecule has 0 radical (unpaired) electrons. The van der Waals surface area contributed by atoms with Crippen LogP contribution in [0, 0.1) is 5.92 Å². The Hall–Kier alpha value is -2.02. The van der Waals surface area contributed by atoms with E-state index in [0.29, 0.717) is 26.1 Å². The van der Waals surface area contributed by atoms with E-state index in [0.717, 1.165) is 33.8 Å². The Kier molecular flexibility index (Phi) is 5.08. The largest absolute Gasteiger partial charge is 0.481 e. The van der Waals surface area contributed by atoms with Crippen LogP contribution in [-0.2, 0) is 11.2 Å². The molecule has 1 aromatic heterocycles. The number of nitrogens with one attached hydrogen (secondary N) is 2. The van der Waals surface area contributed by atoms with Crippen molar-refractivity contribution >= 4 is 38.8 Å². The van der Waals surface area contributed by atoms with Gasteiger partial charge in [0.15, 0.2) is 0 Å². The number of hydrogen-bond donors (Lipinski definition) is 3. The normalized spacial score (nSPS) is 17.9. The number of benzene rings is 1. The Morgan fingerprint density at radius 1 is 1.42 bits per heavy atom. The number of carboxylic acid groups (broad SMARTS) is 1. The first kappa shape index (κ1) is 16.8. The molecule has 2 amide bonds. The van der Waals surface area contributed by atoms with Crippen LogP contribution >= 0.6 is 15.9 Å². The number of likely N-dealkylation sites (tertiary alicyclic amines) is 1. The maximum Gasteiger partial charge on any atom is 0.317 e. The number of amides is 2. The van der Waals surface area contributed by atoms with Crippen LogP contribution in [0.25, 0.3) is 10.9 Å². The molecular weight excluding hydrogens is 374 g/mol. The number of aromatic amines is 1. The highest BCUT2D eigenvalue weighted by Gasteiger charge is 2.27. The molecule has 0 spiro atoms. The van der Waals surface area contributed by atoms with E-state index < -0.39 is 11.9 Å². The quantitative estimate of drug-likeness (QED) is 0.746. The number of rotatable bonds is 4. The van der Waals surface area contributed by atoms with Crippen molar-refractivity contribution in [3.8, 4) is 0 Å². The van der Waals surface area contributed by atoms with Crippen molar-refractivity contribution in [1.29, 1.82) is 0 Å². The highest BCUT2D eigenvalue weighted by molar-refractivity contribution is 9.10. The smallest absolute Gasteiger partial charge is 0.317 e. The van der Waals surface area contributed by atoms with Gasteiger partial charge in [-0.2, -0.15) is 0 Å². The van der Waals surface area contributed by atoms with E-state index in [1.807, 2.05) is 18.3 Å². The Balaban J connectivity index is 1.54. The van der Waals surface area contributed by atoms with Crippen molar-refractivity contribution in [1.82, 2.24) is 15.2 Å². The third kappa shape index (κ3) is 3.72. The number of H-pyrrole nitrogens is 1. The van der Waals surface area contributed by atoms with Gasteiger partial charge in [0.05, 0.1) is 5.92 Å². The molecule has 2 aromatic rings. The summed E-state index contributed by atoms with van der Waals surface area (Å²) in [5, 5.41) is 13.1. The summed E-state index contributed by atoms with van der Waals surface area (Å²) in [5.74, 6) is -1.27. The molecule has 2 heterocycles. The van der Waals surface area contributed by atoms with E-state index in [9.17, 15) is 9.59 Å². The number of piperidine rings is 1. The van der Waals surface area contributed by atoms with E-state index in [1.165, 1.54) is 0 Å². The molecule has 7 heteroatoms. The minimum Gasteiger partial charge on any atom is -0.481 e. The molecule has 1 aliphatic rings. The maximum atomic E-state index is 12.2. The van der Waals surface area contributed by atoms with Gasteiger partial charge >= 0.3 is 12.0 Å². The van der Waals surface area contributed by atoms with E-state index in [2.05, 4.69) is 32.3 Å². The molecule has 0 saturated carbocycles. The molecule has 3 N–H and O–H groups in total. The van der Waals surface area contributed by atoms with Gasteiger partial charge in [-0.1, -0.05) is 15.9 Å². The summed E-state index contributed by atoms with van der Waals surface area (Å²) in [7, 11) is 0. The summed E-state index contributed by atoms with van der Waals surface area (Å²) in [6, 6.07) is 5.88. The lowest BCUT2D eigenvalue weighted by molar-refractivity contribution is -0.143. The molecule has 0 aliphatic carbocycles. The fourth-order valence-corrected chi connectivity index (χ4v) is 3.50. The van der Waals surface area contributed by atoms with Gasteiger partial charge in [0, 0.05) is 41.2 Å². The Morgan fingerprint density at radius 2 is 2.25 bits per heavy atom. The zero-order valence-corrected chi connectivity index (χ0v) is 14.8. The van der Waals surface area contributed by atoms with Crippen molar-refractivity contribution in [3.05, 3.63) is 34.4 Å². The number of carbonyl (C=O) groups excluding carboxylic acids is 1. The van der Waals surface area contributed by atoms with Crippen molar-refractivity contribution in [2.45, 2.75) is 19.3 Å². The number of urea groups is 1. The fraction of sp³-hybridized carbons (Fsp3) is 0.412. The van der Waals surface area contributed by atoms with E-state index >= 15 is 0 Å². The third-order valence-corrected chi connectivity index (χ3v) is 4.95. The van der Waals surface area contributed by atoms with Gasteiger partial charge in [-0.05, 0) is 43.0 Å². The first-order chi connectivity index (χ1) is 11.5. The molecule has 1 aliphatic heterocycles. The van der Waals surface area contributed by atoms with Gasteiger partial charge < -0.3 is 20.3 Å². The second-order valence-electron chi connectivity index (χ2n) is 6.11. The monoisotopic (exact) mass is 393 g/mol. The topological polar surface area (TPSA) is 85.4 Å². The maximum absolute atomic E-state index is 12.2. The molecule has 0 bridgehead atoms. The average Bonchev–Trinajstić information content (AvgIpc) is 2.97. The average molecular weight is 394 g/mol. The summed E-state index contributed by atoms with van der Waals surface area (Å²) in [6.45, 7) is 1.43. The lowest BCUT2D eigenvalue weighted by atomic mass is 9.99. The lowest BCUT2D eigenvalue weighted by Crippen LogP contribution is -2.47. The van der Waals surface area contributed by atoms with Crippen LogP contribution in [0.3, 0.4) is 0 Å². The lowest BCUT2D eigenvalue weighted by Gasteiger charge is -2.30. The zero-order chi connectivity index (χ0) is 17.1. The second-order valence-corrected chi connectivity index (χ2v) is 7.02. The van der Waals surface area contributed by atoms with Crippen LogP contribution in [0.4, 0.5) is 4.79 Å². The third-order valence-electron chi connectivity index (χ3n) is 4.46. The highest BCUT2D eigenvalue weighted by atomic mass is 79.9. The highest BCUT2D eigenvalue weighted by Crippen LogP contribution is 2.23. The minimum atomic E-state index is -0.822. The number of hydrogen-bond acceptors (Lipinski definition) is 2. The second kappa shape index (κ2) is 7.25. The number of halogens is 1. The van der Waals surface area contributed by atoms with E-state index in [1.54, 1.807) is 4.90 Å². The minimum absolute atomic E-state index is 0.179. The first-order valence-corrected chi connectivity index (χ1v) is 8.85. The summed E-state index contributed by atoms with van der Waals surface area (Å²) < 4.78 is 1.02. The van der Waals surface area contributed by atoms with Crippen molar-refractivity contribution in [3.63, 3.8) is 0 Å². The zero-order valence-electron chi connectivity index (χ0n) is 13.2. The summed E-state index contributed by atoms with van der Waals surface area (Å²) >= 11 is 3.47. The molecule has 3 rings (SSSR count). The molecule has 1 fully saturated rings. The van der Waals surface area contributed by atoms with Crippen molar-refractivity contribution in [2.75, 3.05) is 19.6 Å². The molecule has 24 heavy (non-hydrogen) atoms. The Morgan fingerprint density at radius 3 is 3.04 bits per heavy atom. The Bertz CT molecular complexity index is 759. The van der Waals surface area contributed by atoms with Crippen LogP contribution in [0.1, 0.15) is 18.4 Å². The predicted octanol–water partition coefficient (Wildman–Crippen LogP) is 2.98.